The minimum atomic E-state index is -4.65. The number of hydrogen-bond acceptors (Lipinski definition) is 6. The Labute approximate surface area is 111 Å². The summed E-state index contributed by atoms with van der Waals surface area (Å²) in [7, 11) is -4.65. The Kier molecular flexibility index (Phi) is 5.65. The molecule has 0 aliphatic carbocycles. The van der Waals surface area contributed by atoms with Crippen molar-refractivity contribution in [3.63, 3.8) is 0 Å². The highest BCUT2D eigenvalue weighted by Crippen LogP contribution is 2.51. The van der Waals surface area contributed by atoms with Crippen LogP contribution in [0.1, 0.15) is 20.8 Å². The second-order valence-corrected chi connectivity index (χ2v) is 5.67. The van der Waals surface area contributed by atoms with E-state index in [4.69, 9.17) is 0 Å². The van der Waals surface area contributed by atoms with Crippen LogP contribution in [0.3, 0.4) is 0 Å². The van der Waals surface area contributed by atoms with Crippen LogP contribution in [0, 0.1) is 0 Å². The fourth-order valence-corrected chi connectivity index (χ4v) is 2.13. The Morgan fingerprint density at radius 2 is 1.11 bits per heavy atom. The maximum atomic E-state index is 12.2. The van der Waals surface area contributed by atoms with Crippen molar-refractivity contribution in [1.82, 2.24) is 0 Å². The van der Waals surface area contributed by atoms with E-state index in [1.54, 1.807) is 0 Å². The lowest BCUT2D eigenvalue weighted by atomic mass is 10.4. The molecule has 0 fully saturated rings. The van der Waals surface area contributed by atoms with Crippen LogP contribution >= 0.6 is 7.60 Å². The van der Waals surface area contributed by atoms with Gasteiger partial charge in [0.25, 0.3) is 5.52 Å². The summed E-state index contributed by atoms with van der Waals surface area (Å²) in [5.74, 6) is -2.21. The van der Waals surface area contributed by atoms with E-state index in [0.717, 1.165) is 0 Å². The van der Waals surface area contributed by atoms with Crippen molar-refractivity contribution >= 4 is 25.1 Å². The van der Waals surface area contributed by atoms with Crippen LogP contribution in [0.5, 0.6) is 0 Å². The number of carbonyl (C=O) groups is 3. The standard InChI is InChI=1S/C12H15O6P/c1-7(2)10(13)17-19(16,12(15)9(5)6)18-11(14)8(3)4/h1,3,5H2,2,4,6H3. The Bertz CT molecular complexity index is 496. The van der Waals surface area contributed by atoms with E-state index in [9.17, 15) is 18.9 Å². The van der Waals surface area contributed by atoms with E-state index in [0.29, 0.717) is 0 Å². The fraction of sp³-hybridized carbons (Fsp3) is 0.250. The molecule has 0 saturated carbocycles. The van der Waals surface area contributed by atoms with E-state index in [1.165, 1.54) is 20.8 Å². The zero-order valence-electron chi connectivity index (χ0n) is 11.0. The second-order valence-electron chi connectivity index (χ2n) is 3.90. The third-order valence-corrected chi connectivity index (χ3v) is 3.41. The Morgan fingerprint density at radius 1 is 0.789 bits per heavy atom. The van der Waals surface area contributed by atoms with Gasteiger partial charge >= 0.3 is 19.5 Å². The Balaban J connectivity index is 5.43. The summed E-state index contributed by atoms with van der Waals surface area (Å²) in [4.78, 5) is 34.4. The molecular weight excluding hydrogens is 271 g/mol. The van der Waals surface area contributed by atoms with Gasteiger partial charge in [-0.05, 0) is 20.8 Å². The molecule has 0 atom stereocenters. The smallest absolute Gasteiger partial charge is 0.374 e. The van der Waals surface area contributed by atoms with Gasteiger partial charge in [-0.25, -0.2) is 14.2 Å². The largest absolute Gasteiger partial charge is 0.507 e. The molecule has 0 rings (SSSR count). The predicted molar refractivity (Wildman–Crippen MR) is 69.2 cm³/mol. The minimum Gasteiger partial charge on any atom is -0.374 e. The highest BCUT2D eigenvalue weighted by molar-refractivity contribution is 7.73. The summed E-state index contributed by atoms with van der Waals surface area (Å²) in [6.45, 7) is 13.6. The van der Waals surface area contributed by atoms with Gasteiger partial charge in [-0.1, -0.05) is 19.7 Å². The molecule has 0 N–H and O–H groups in total. The van der Waals surface area contributed by atoms with E-state index >= 15 is 0 Å². The van der Waals surface area contributed by atoms with Gasteiger partial charge in [0.05, 0.1) is 0 Å². The average Bonchev–Trinajstić information content (AvgIpc) is 2.26. The highest BCUT2D eigenvalue weighted by Gasteiger charge is 2.42. The molecule has 0 unspecified atom stereocenters. The lowest BCUT2D eigenvalue weighted by molar-refractivity contribution is -0.136. The first-order valence-electron chi connectivity index (χ1n) is 5.10. The quantitative estimate of drug-likeness (QED) is 0.550. The molecule has 0 radical (unpaired) electrons. The molecule has 0 heterocycles. The molecule has 0 amide bonds. The molecule has 19 heavy (non-hydrogen) atoms. The zero-order valence-corrected chi connectivity index (χ0v) is 11.9. The number of allylic oxidation sites excluding steroid dienone is 1. The van der Waals surface area contributed by atoms with E-state index in [1.807, 2.05) is 0 Å². The van der Waals surface area contributed by atoms with Gasteiger partial charge < -0.3 is 9.05 Å². The van der Waals surface area contributed by atoms with Crippen LogP contribution in [0.25, 0.3) is 0 Å². The van der Waals surface area contributed by atoms with Crippen molar-refractivity contribution in [1.29, 1.82) is 0 Å². The van der Waals surface area contributed by atoms with E-state index in [-0.39, 0.29) is 16.7 Å². The van der Waals surface area contributed by atoms with Crippen LogP contribution in [-0.4, -0.2) is 17.5 Å². The molecule has 0 saturated heterocycles. The third kappa shape index (κ3) is 4.67. The van der Waals surface area contributed by atoms with Crippen molar-refractivity contribution in [3.8, 4) is 0 Å². The van der Waals surface area contributed by atoms with Gasteiger partial charge in [0.1, 0.15) is 0 Å². The Morgan fingerprint density at radius 3 is 1.32 bits per heavy atom. The van der Waals surface area contributed by atoms with Gasteiger partial charge in [0, 0.05) is 16.7 Å². The van der Waals surface area contributed by atoms with Crippen molar-refractivity contribution in [3.05, 3.63) is 36.5 Å². The lowest BCUT2D eigenvalue weighted by Crippen LogP contribution is -2.15. The van der Waals surface area contributed by atoms with E-state index in [2.05, 4.69) is 28.8 Å². The first-order valence-corrected chi connectivity index (χ1v) is 6.65. The maximum absolute atomic E-state index is 12.2. The average molecular weight is 286 g/mol. The first kappa shape index (κ1) is 17.1. The van der Waals surface area contributed by atoms with Crippen molar-refractivity contribution in [2.45, 2.75) is 20.8 Å². The van der Waals surface area contributed by atoms with Crippen LogP contribution < -0.4 is 0 Å². The van der Waals surface area contributed by atoms with Gasteiger partial charge in [-0.15, -0.1) is 0 Å². The molecule has 0 aromatic carbocycles. The summed E-state index contributed by atoms with van der Waals surface area (Å²) >= 11 is 0. The molecule has 0 aliphatic heterocycles. The second kappa shape index (κ2) is 6.29. The summed E-state index contributed by atoms with van der Waals surface area (Å²) in [6, 6.07) is 0. The normalized spacial score (nSPS) is 10.3. The number of carbonyl (C=O) groups excluding carboxylic acids is 3. The van der Waals surface area contributed by atoms with Crippen molar-refractivity contribution < 1.29 is 28.0 Å². The van der Waals surface area contributed by atoms with Crippen LogP contribution in [-0.2, 0) is 28.0 Å². The van der Waals surface area contributed by atoms with Crippen LogP contribution in [0.2, 0.25) is 0 Å². The summed E-state index contributed by atoms with van der Waals surface area (Å²) in [6.07, 6.45) is 0. The molecule has 0 aliphatic rings. The molecule has 0 bridgehead atoms. The van der Waals surface area contributed by atoms with Crippen LogP contribution in [0.4, 0.5) is 0 Å². The van der Waals surface area contributed by atoms with Crippen LogP contribution in [0.15, 0.2) is 36.5 Å². The maximum Gasteiger partial charge on any atom is 0.507 e. The van der Waals surface area contributed by atoms with Gasteiger partial charge in [0.2, 0.25) is 0 Å². The SMILES string of the molecule is C=C(C)C(=O)OP(=O)(OC(=O)C(=C)C)C(=O)C(=C)C. The van der Waals surface area contributed by atoms with E-state index < -0.39 is 25.1 Å². The van der Waals surface area contributed by atoms with Gasteiger partial charge in [-0.3, -0.25) is 4.79 Å². The van der Waals surface area contributed by atoms with Gasteiger partial charge in [-0.2, -0.15) is 0 Å². The monoisotopic (exact) mass is 286 g/mol. The number of hydrogen-bond donors (Lipinski definition) is 0. The molecular formula is C12H15O6P. The Hall–Kier alpha value is -1.94. The molecule has 0 spiro atoms. The molecule has 0 aromatic heterocycles. The first-order chi connectivity index (χ1) is 8.51. The molecule has 0 aromatic rings. The summed E-state index contributed by atoms with van der Waals surface area (Å²) < 4.78 is 21.1. The van der Waals surface area contributed by atoms with Crippen molar-refractivity contribution in [2.75, 3.05) is 0 Å². The summed E-state index contributed by atoms with van der Waals surface area (Å²) in [5, 5.41) is 0. The lowest BCUT2D eigenvalue weighted by Gasteiger charge is -2.16. The number of rotatable bonds is 6. The summed E-state index contributed by atoms with van der Waals surface area (Å²) in [5.41, 5.74) is -1.52. The molecule has 6 nitrogen and oxygen atoms in total. The molecule has 104 valence electrons. The van der Waals surface area contributed by atoms with Gasteiger partial charge in [0.15, 0.2) is 0 Å². The predicted octanol–water partition coefficient (Wildman–Crippen LogP) is 2.52. The zero-order chi connectivity index (χ0) is 15.4. The molecule has 7 heteroatoms. The third-order valence-electron chi connectivity index (χ3n) is 1.72. The topological polar surface area (TPSA) is 86.7 Å². The minimum absolute atomic E-state index is 0.0962. The van der Waals surface area contributed by atoms with Crippen molar-refractivity contribution in [2.24, 2.45) is 0 Å². The fourth-order valence-electron chi connectivity index (χ4n) is 0.709. The highest BCUT2D eigenvalue weighted by atomic mass is 31.2.